The second-order valence-electron chi connectivity index (χ2n) is 8.21. The maximum atomic E-state index is 13.0. The molecule has 0 radical (unpaired) electrons. The van der Waals surface area contributed by atoms with Gasteiger partial charge >= 0.3 is 12.2 Å². The van der Waals surface area contributed by atoms with Crippen LogP contribution in [0.1, 0.15) is 16.1 Å². The zero-order valence-electron chi connectivity index (χ0n) is 21.9. The number of carbonyl (C=O) groups excluding carboxylic acids is 2. The van der Waals surface area contributed by atoms with Crippen molar-refractivity contribution in [3.05, 3.63) is 87.5 Å². The van der Waals surface area contributed by atoms with Gasteiger partial charge in [-0.15, -0.1) is 0 Å². The van der Waals surface area contributed by atoms with Gasteiger partial charge in [0.05, 0.1) is 37.0 Å². The number of pyridine rings is 1. The first-order chi connectivity index (χ1) is 20.2. The van der Waals surface area contributed by atoms with Crippen molar-refractivity contribution in [3.63, 3.8) is 0 Å². The zero-order valence-corrected chi connectivity index (χ0v) is 22.6. The number of hydrogen-bond acceptors (Lipinski definition) is 7. The molecule has 0 spiro atoms. The molecule has 3 N–H and O–H groups in total. The van der Waals surface area contributed by atoms with Gasteiger partial charge in [-0.05, 0) is 54.1 Å². The number of anilines is 2. The molecule has 0 atom stereocenters. The van der Waals surface area contributed by atoms with Gasteiger partial charge in [-0.3, -0.25) is 9.78 Å². The number of azide groups is 1. The summed E-state index contributed by atoms with van der Waals surface area (Å²) in [6.45, 7) is 1.69. The van der Waals surface area contributed by atoms with E-state index in [0.717, 1.165) is 12.1 Å². The molecule has 42 heavy (non-hydrogen) atoms. The van der Waals surface area contributed by atoms with Crippen molar-refractivity contribution in [2.24, 2.45) is 5.11 Å². The minimum absolute atomic E-state index is 0.0841. The summed E-state index contributed by atoms with van der Waals surface area (Å²) in [5, 5.41) is 10.4. The predicted molar refractivity (Wildman–Crippen MR) is 148 cm³/mol. The second kappa shape index (κ2) is 16.0. The van der Waals surface area contributed by atoms with Gasteiger partial charge in [0.2, 0.25) is 0 Å². The van der Waals surface area contributed by atoms with Gasteiger partial charge in [0, 0.05) is 41.6 Å². The minimum atomic E-state index is -4.66. The number of hydrogen-bond donors (Lipinski definition) is 3. The molecule has 0 bridgehead atoms. The molecule has 0 aliphatic carbocycles. The Labute approximate surface area is 242 Å². The van der Waals surface area contributed by atoms with E-state index >= 15 is 0 Å². The van der Waals surface area contributed by atoms with Crippen molar-refractivity contribution in [2.45, 2.75) is 6.18 Å². The minimum Gasteiger partial charge on any atom is -0.457 e. The van der Waals surface area contributed by atoms with Crippen LogP contribution >= 0.6 is 11.6 Å². The molecule has 1 heterocycles. The van der Waals surface area contributed by atoms with E-state index in [9.17, 15) is 22.8 Å². The predicted octanol–water partition coefficient (Wildman–Crippen LogP) is 6.26. The fourth-order valence-corrected chi connectivity index (χ4v) is 3.48. The molecule has 0 aliphatic rings. The van der Waals surface area contributed by atoms with Gasteiger partial charge in [-0.25, -0.2) is 4.79 Å². The lowest BCUT2D eigenvalue weighted by molar-refractivity contribution is -0.137. The number of nitrogens with one attached hydrogen (secondary N) is 3. The third-order valence-electron chi connectivity index (χ3n) is 5.14. The van der Waals surface area contributed by atoms with Crippen LogP contribution in [0.3, 0.4) is 0 Å². The summed E-state index contributed by atoms with van der Waals surface area (Å²) in [6.07, 6.45) is -3.25. The Bertz CT molecular complexity index is 1400. The highest BCUT2D eigenvalue weighted by Crippen LogP contribution is 2.36. The van der Waals surface area contributed by atoms with Gasteiger partial charge in [0.25, 0.3) is 5.91 Å². The van der Waals surface area contributed by atoms with Crippen molar-refractivity contribution in [3.8, 4) is 11.5 Å². The molecule has 12 nitrogen and oxygen atoms in total. The Hall–Kier alpha value is -4.56. The van der Waals surface area contributed by atoms with Crippen molar-refractivity contribution in [1.82, 2.24) is 10.3 Å². The molecule has 222 valence electrons. The maximum Gasteiger partial charge on any atom is 0.417 e. The SMILES string of the molecule is [N-]=[N+]=NCCOCCOCCNC(=O)c1cc(Oc2ccc(NC(=O)Nc3ccc(Cl)c(C(F)(F)F)c3)cc2)ccn1. The van der Waals surface area contributed by atoms with Crippen molar-refractivity contribution in [1.29, 1.82) is 0 Å². The number of ether oxygens (including phenoxy) is 3. The summed E-state index contributed by atoms with van der Waals surface area (Å²) in [5.74, 6) is 0.301. The largest absolute Gasteiger partial charge is 0.457 e. The van der Waals surface area contributed by atoms with Gasteiger partial charge in [0.15, 0.2) is 0 Å². The Balaban J connectivity index is 1.43. The number of benzene rings is 2. The summed E-state index contributed by atoms with van der Waals surface area (Å²) in [6, 6.07) is 11.5. The van der Waals surface area contributed by atoms with E-state index in [-0.39, 0.29) is 31.1 Å². The third-order valence-corrected chi connectivity index (χ3v) is 5.47. The second-order valence-corrected chi connectivity index (χ2v) is 8.62. The number of halogens is 4. The average molecular weight is 608 g/mol. The number of carbonyl (C=O) groups is 2. The van der Waals surface area contributed by atoms with E-state index in [1.165, 1.54) is 30.5 Å². The van der Waals surface area contributed by atoms with E-state index in [4.69, 9.17) is 31.3 Å². The van der Waals surface area contributed by atoms with E-state index in [2.05, 4.69) is 31.0 Å². The van der Waals surface area contributed by atoms with E-state index in [1.54, 1.807) is 18.2 Å². The van der Waals surface area contributed by atoms with Crippen LogP contribution in [0, 0.1) is 0 Å². The molecule has 16 heteroatoms. The molecular formula is C26H25ClF3N7O5. The number of urea groups is 1. The highest BCUT2D eigenvalue weighted by Gasteiger charge is 2.33. The normalized spacial score (nSPS) is 10.9. The lowest BCUT2D eigenvalue weighted by atomic mass is 10.2. The van der Waals surface area contributed by atoms with Crippen LogP contribution in [0.25, 0.3) is 10.4 Å². The third kappa shape index (κ3) is 10.8. The molecule has 0 saturated heterocycles. The van der Waals surface area contributed by atoms with Crippen molar-refractivity contribution < 1.29 is 37.0 Å². The lowest BCUT2D eigenvalue weighted by Crippen LogP contribution is -2.28. The highest BCUT2D eigenvalue weighted by molar-refractivity contribution is 6.31. The fourth-order valence-electron chi connectivity index (χ4n) is 3.25. The van der Waals surface area contributed by atoms with Crippen molar-refractivity contribution >= 4 is 34.9 Å². The first-order valence-corrected chi connectivity index (χ1v) is 12.7. The first-order valence-electron chi connectivity index (χ1n) is 12.3. The molecule has 3 amide bonds. The fraction of sp³-hybridized carbons (Fsp3) is 0.269. The summed E-state index contributed by atoms with van der Waals surface area (Å²) < 4.78 is 55.4. The summed E-state index contributed by atoms with van der Waals surface area (Å²) in [4.78, 5) is 31.3. The molecule has 2 aromatic carbocycles. The Morgan fingerprint density at radius 1 is 0.929 bits per heavy atom. The highest BCUT2D eigenvalue weighted by atomic mass is 35.5. The van der Waals surface area contributed by atoms with Gasteiger partial charge in [0.1, 0.15) is 17.2 Å². The molecule has 3 rings (SSSR count). The monoisotopic (exact) mass is 607 g/mol. The van der Waals surface area contributed by atoms with Crippen LogP contribution < -0.4 is 20.7 Å². The van der Waals surface area contributed by atoms with E-state index in [0.29, 0.717) is 37.0 Å². The van der Waals surface area contributed by atoms with Crippen molar-refractivity contribution in [2.75, 3.05) is 50.2 Å². The van der Waals surface area contributed by atoms with Crippen LogP contribution in [0.15, 0.2) is 65.9 Å². The summed E-state index contributed by atoms with van der Waals surface area (Å²) in [5.41, 5.74) is 7.49. The Kier molecular flexibility index (Phi) is 12.2. The van der Waals surface area contributed by atoms with Crippen LogP contribution in [0.5, 0.6) is 11.5 Å². The van der Waals surface area contributed by atoms with Crippen LogP contribution in [-0.2, 0) is 15.7 Å². The van der Waals surface area contributed by atoms with Gasteiger partial charge in [-0.1, -0.05) is 16.7 Å². The van der Waals surface area contributed by atoms with Gasteiger partial charge < -0.3 is 30.2 Å². The van der Waals surface area contributed by atoms with E-state index in [1.807, 2.05) is 0 Å². The number of aromatic nitrogens is 1. The molecule has 0 saturated carbocycles. The molecule has 0 aliphatic heterocycles. The zero-order chi connectivity index (χ0) is 30.4. The molecule has 0 fully saturated rings. The molecule has 0 unspecified atom stereocenters. The summed E-state index contributed by atoms with van der Waals surface area (Å²) >= 11 is 5.60. The quantitative estimate of drug-likeness (QED) is 0.0848. The van der Waals surface area contributed by atoms with E-state index < -0.39 is 28.7 Å². The lowest BCUT2D eigenvalue weighted by Gasteiger charge is -2.12. The number of alkyl halides is 3. The van der Waals surface area contributed by atoms with Crippen LogP contribution in [0.2, 0.25) is 5.02 Å². The molecule has 3 aromatic rings. The Morgan fingerprint density at radius 3 is 2.33 bits per heavy atom. The average Bonchev–Trinajstić information content (AvgIpc) is 2.95. The molecular weight excluding hydrogens is 583 g/mol. The van der Waals surface area contributed by atoms with Gasteiger partial charge in [-0.2, -0.15) is 13.2 Å². The number of nitrogens with zero attached hydrogens (tertiary/aromatic N) is 4. The van der Waals surface area contributed by atoms with Crippen LogP contribution in [-0.4, -0.2) is 56.4 Å². The Morgan fingerprint density at radius 2 is 1.62 bits per heavy atom. The number of rotatable bonds is 14. The smallest absolute Gasteiger partial charge is 0.417 e. The standard InChI is InChI=1S/C26H25ClF3N7O5/c27-22-6-3-18(15-21(22)26(28,29)30)36-25(39)35-17-1-4-19(5-2-17)42-20-7-8-32-23(16-20)24(38)33-9-11-40-13-14-41-12-10-34-37-31/h1-8,15-16H,9-14H2,(H,33,38)(H2,35,36,39). The topological polar surface area (TPSA) is 160 Å². The van der Waals surface area contributed by atoms with Crippen LogP contribution in [0.4, 0.5) is 29.3 Å². The first kappa shape index (κ1) is 32.0. The maximum absolute atomic E-state index is 13.0. The molecule has 1 aromatic heterocycles. The summed E-state index contributed by atoms with van der Waals surface area (Å²) in [7, 11) is 0. The number of amides is 3.